The van der Waals surface area contributed by atoms with Crippen LogP contribution in [0.3, 0.4) is 0 Å². The monoisotopic (exact) mass is 489 g/mol. The largest absolute Gasteiger partial charge is 0.229 e. The van der Waals surface area contributed by atoms with Gasteiger partial charge in [0, 0.05) is 22.6 Å². The van der Waals surface area contributed by atoms with Crippen LogP contribution >= 0.6 is 34.7 Å². The lowest BCUT2D eigenvalue weighted by atomic mass is 10.1. The van der Waals surface area contributed by atoms with E-state index in [2.05, 4.69) is 0 Å². The molecule has 0 aliphatic carbocycles. The van der Waals surface area contributed by atoms with E-state index in [0.29, 0.717) is 5.02 Å². The maximum absolute atomic E-state index is 13.4. The highest BCUT2D eigenvalue weighted by Gasteiger charge is 2.17. The summed E-state index contributed by atoms with van der Waals surface area (Å²) in [4.78, 5) is 5.98. The van der Waals surface area contributed by atoms with Crippen LogP contribution in [0.1, 0.15) is 5.56 Å². The first-order valence-electron chi connectivity index (χ1n) is 9.24. The lowest BCUT2D eigenvalue weighted by molar-refractivity contribution is 0.602. The summed E-state index contributed by atoms with van der Waals surface area (Å²) in [5.41, 5.74) is 3.54. The summed E-state index contributed by atoms with van der Waals surface area (Å²) in [5, 5.41) is 0.696. The molecular formula is C23H17ClFNO2S3. The topological polar surface area (TPSA) is 47.0 Å². The summed E-state index contributed by atoms with van der Waals surface area (Å²) in [6, 6.07) is 20.7. The average Bonchev–Trinajstić information content (AvgIpc) is 3.18. The molecule has 158 valence electrons. The molecule has 0 N–H and O–H groups in total. The maximum atomic E-state index is 13.4. The van der Waals surface area contributed by atoms with Gasteiger partial charge in [0.1, 0.15) is 5.82 Å². The van der Waals surface area contributed by atoms with Crippen LogP contribution in [-0.4, -0.2) is 19.7 Å². The number of hydrogen-bond acceptors (Lipinski definition) is 5. The van der Waals surface area contributed by atoms with Gasteiger partial charge >= 0.3 is 0 Å². The Bertz CT molecular complexity index is 1300. The molecule has 8 heteroatoms. The van der Waals surface area contributed by atoms with E-state index in [1.54, 1.807) is 48.2 Å². The smallest absolute Gasteiger partial charge is 0.175 e. The molecule has 0 aliphatic heterocycles. The third-order valence-corrected chi connectivity index (χ3v) is 8.24. The highest BCUT2D eigenvalue weighted by atomic mass is 35.5. The molecule has 3 nitrogen and oxygen atoms in total. The van der Waals surface area contributed by atoms with Crippen molar-refractivity contribution in [2.75, 3.05) is 6.26 Å². The quantitative estimate of drug-likeness (QED) is 0.274. The van der Waals surface area contributed by atoms with E-state index in [1.165, 1.54) is 29.7 Å². The third-order valence-electron chi connectivity index (χ3n) is 4.55. The van der Waals surface area contributed by atoms with Crippen LogP contribution in [0.2, 0.25) is 5.02 Å². The number of sulfone groups is 1. The van der Waals surface area contributed by atoms with Crippen LogP contribution in [-0.2, 0) is 15.6 Å². The zero-order chi connectivity index (χ0) is 22.0. The molecule has 0 amide bonds. The van der Waals surface area contributed by atoms with Crippen LogP contribution in [0.5, 0.6) is 0 Å². The Labute approximate surface area is 193 Å². The molecule has 0 spiro atoms. The van der Waals surface area contributed by atoms with Crippen LogP contribution in [0, 0.1) is 5.82 Å². The molecule has 31 heavy (non-hydrogen) atoms. The minimum Gasteiger partial charge on any atom is -0.229 e. The Balaban J connectivity index is 1.70. The van der Waals surface area contributed by atoms with Crippen molar-refractivity contribution in [2.45, 2.75) is 15.0 Å². The number of halogens is 2. The predicted molar refractivity (Wildman–Crippen MR) is 127 cm³/mol. The summed E-state index contributed by atoms with van der Waals surface area (Å²) in [6.45, 7) is 0. The van der Waals surface area contributed by atoms with Gasteiger partial charge in [0.25, 0.3) is 0 Å². The van der Waals surface area contributed by atoms with Crippen LogP contribution < -0.4 is 0 Å². The zero-order valence-corrected chi connectivity index (χ0v) is 19.6. The fourth-order valence-corrected chi connectivity index (χ4v) is 5.82. The standard InChI is InChI=1S/C23H17ClFNO2S3/c1-31(27,28)20-12-6-16(7-13-20)21-22(17-4-10-19(25)11-5-17)30-23(26-21)29-14-15-2-8-18(24)9-3-15/h2-13H,14H2,1H3. The second-order valence-corrected chi connectivity index (χ2v) is 11.5. The molecule has 1 heterocycles. The molecule has 0 saturated heterocycles. The van der Waals surface area contributed by atoms with E-state index in [9.17, 15) is 12.8 Å². The van der Waals surface area contributed by atoms with Crippen molar-refractivity contribution in [3.63, 3.8) is 0 Å². The molecule has 0 saturated carbocycles. The molecule has 4 aromatic rings. The summed E-state index contributed by atoms with van der Waals surface area (Å²) in [5.74, 6) is 0.435. The summed E-state index contributed by atoms with van der Waals surface area (Å²) >= 11 is 9.10. The minimum atomic E-state index is -3.28. The minimum absolute atomic E-state index is 0.257. The lowest BCUT2D eigenvalue weighted by Gasteiger charge is -2.04. The first-order valence-corrected chi connectivity index (χ1v) is 13.3. The number of rotatable bonds is 6. The van der Waals surface area contributed by atoms with Crippen LogP contribution in [0.4, 0.5) is 4.39 Å². The summed E-state index contributed by atoms with van der Waals surface area (Å²) < 4.78 is 37.9. The van der Waals surface area contributed by atoms with E-state index in [-0.39, 0.29) is 10.7 Å². The number of benzene rings is 3. The Morgan fingerprint density at radius 2 is 1.55 bits per heavy atom. The highest BCUT2D eigenvalue weighted by Crippen LogP contribution is 2.41. The molecular weight excluding hydrogens is 473 g/mol. The number of thioether (sulfide) groups is 1. The van der Waals surface area contributed by atoms with Gasteiger partial charge in [0.15, 0.2) is 14.2 Å². The first-order chi connectivity index (χ1) is 14.8. The van der Waals surface area contributed by atoms with Gasteiger partial charge in [0.05, 0.1) is 15.5 Å². The summed E-state index contributed by atoms with van der Waals surface area (Å²) in [7, 11) is -3.28. The van der Waals surface area contributed by atoms with Crippen molar-refractivity contribution in [3.8, 4) is 21.7 Å². The van der Waals surface area contributed by atoms with Crippen molar-refractivity contribution in [1.82, 2.24) is 4.98 Å². The van der Waals surface area contributed by atoms with Gasteiger partial charge in [-0.3, -0.25) is 0 Å². The van der Waals surface area contributed by atoms with Crippen molar-refractivity contribution in [1.29, 1.82) is 0 Å². The van der Waals surface area contributed by atoms with Crippen molar-refractivity contribution in [2.24, 2.45) is 0 Å². The number of aromatic nitrogens is 1. The van der Waals surface area contributed by atoms with Crippen molar-refractivity contribution < 1.29 is 12.8 Å². The van der Waals surface area contributed by atoms with E-state index < -0.39 is 9.84 Å². The fraction of sp³-hybridized carbons (Fsp3) is 0.0870. The molecule has 0 bridgehead atoms. The number of thiazole rings is 1. The van der Waals surface area contributed by atoms with Gasteiger partial charge < -0.3 is 0 Å². The van der Waals surface area contributed by atoms with E-state index in [0.717, 1.165) is 37.4 Å². The maximum Gasteiger partial charge on any atom is 0.175 e. The Hall–Kier alpha value is -2.19. The second kappa shape index (κ2) is 9.12. The second-order valence-electron chi connectivity index (χ2n) is 6.88. The van der Waals surface area contributed by atoms with Crippen molar-refractivity contribution >= 4 is 44.5 Å². The van der Waals surface area contributed by atoms with Gasteiger partial charge in [-0.15, -0.1) is 11.3 Å². The van der Waals surface area contributed by atoms with E-state index in [4.69, 9.17) is 16.6 Å². The van der Waals surface area contributed by atoms with E-state index >= 15 is 0 Å². The molecule has 3 aromatic carbocycles. The molecule has 0 aliphatic rings. The van der Waals surface area contributed by atoms with Gasteiger partial charge in [-0.1, -0.05) is 59.8 Å². The Kier molecular flexibility index (Phi) is 6.48. The van der Waals surface area contributed by atoms with Gasteiger partial charge in [-0.05, 0) is 47.5 Å². The molecule has 0 fully saturated rings. The molecule has 0 atom stereocenters. The average molecular weight is 490 g/mol. The van der Waals surface area contributed by atoms with Crippen molar-refractivity contribution in [3.05, 3.63) is 89.2 Å². The molecule has 1 aromatic heterocycles. The SMILES string of the molecule is CS(=O)(=O)c1ccc(-c2nc(SCc3ccc(Cl)cc3)sc2-c2ccc(F)cc2)cc1. The van der Waals surface area contributed by atoms with Crippen LogP contribution in [0.25, 0.3) is 21.7 Å². The fourth-order valence-electron chi connectivity index (χ4n) is 2.94. The van der Waals surface area contributed by atoms with Gasteiger partial charge in [0.2, 0.25) is 0 Å². The zero-order valence-electron chi connectivity index (χ0n) is 16.4. The van der Waals surface area contributed by atoms with Crippen LogP contribution in [0.15, 0.2) is 82.0 Å². The number of hydrogen-bond donors (Lipinski definition) is 0. The Morgan fingerprint density at radius 1 is 0.935 bits per heavy atom. The van der Waals surface area contributed by atoms with Gasteiger partial charge in [-0.2, -0.15) is 0 Å². The molecule has 4 rings (SSSR count). The molecule has 0 unspecified atom stereocenters. The van der Waals surface area contributed by atoms with E-state index in [1.807, 2.05) is 24.3 Å². The summed E-state index contributed by atoms with van der Waals surface area (Å²) in [6.07, 6.45) is 1.18. The Morgan fingerprint density at radius 3 is 2.16 bits per heavy atom. The normalized spacial score (nSPS) is 11.6. The third kappa shape index (κ3) is 5.36. The highest BCUT2D eigenvalue weighted by molar-refractivity contribution is 8.00. The lowest BCUT2D eigenvalue weighted by Crippen LogP contribution is -1.96. The predicted octanol–water partition coefficient (Wildman–Crippen LogP) is 6.97. The first kappa shape index (κ1) is 22.0. The van der Waals surface area contributed by atoms with Gasteiger partial charge in [-0.25, -0.2) is 17.8 Å². The molecule has 0 radical (unpaired) electrons. The number of nitrogens with zero attached hydrogens (tertiary/aromatic N) is 1.